The summed E-state index contributed by atoms with van der Waals surface area (Å²) in [7, 11) is 0. The Kier molecular flexibility index (Phi) is 4.88. The lowest BCUT2D eigenvalue weighted by molar-refractivity contribution is 0.0735. The number of nitrogens with one attached hydrogen (secondary N) is 1. The molecule has 0 spiro atoms. The van der Waals surface area contributed by atoms with Crippen molar-refractivity contribution in [2.45, 2.75) is 19.9 Å². The van der Waals surface area contributed by atoms with E-state index >= 15 is 0 Å². The highest BCUT2D eigenvalue weighted by Crippen LogP contribution is 2.25. The fourth-order valence-electron chi connectivity index (χ4n) is 4.37. The first-order valence-electron chi connectivity index (χ1n) is 11.1. The average molecular weight is 468 g/mol. The van der Waals surface area contributed by atoms with E-state index < -0.39 is 0 Å². The first-order chi connectivity index (χ1) is 16.6. The van der Waals surface area contributed by atoms with Crippen molar-refractivity contribution >= 4 is 43.9 Å². The molecule has 7 nitrogen and oxygen atoms in total. The van der Waals surface area contributed by atoms with Gasteiger partial charge < -0.3 is 10.2 Å². The third-order valence-corrected chi connectivity index (χ3v) is 7.07. The van der Waals surface area contributed by atoms with Crippen LogP contribution >= 0.6 is 11.3 Å². The van der Waals surface area contributed by atoms with E-state index in [1.54, 1.807) is 18.2 Å². The van der Waals surface area contributed by atoms with Gasteiger partial charge in [0.1, 0.15) is 0 Å². The molecular formula is C26H21N5O2S. The molecule has 0 unspecified atom stereocenters. The Hall–Kier alpha value is -4.04. The maximum Gasteiger partial charge on any atom is 0.283 e. The maximum atomic E-state index is 13.2. The van der Waals surface area contributed by atoms with Gasteiger partial charge in [-0.15, -0.1) is 5.10 Å². The minimum absolute atomic E-state index is 0.0513. The van der Waals surface area contributed by atoms with Crippen molar-refractivity contribution < 1.29 is 4.79 Å². The van der Waals surface area contributed by atoms with Gasteiger partial charge >= 0.3 is 0 Å². The molecule has 2 aromatic heterocycles. The van der Waals surface area contributed by atoms with Crippen LogP contribution in [0.3, 0.4) is 0 Å². The van der Waals surface area contributed by atoms with E-state index in [1.807, 2.05) is 48.2 Å². The Balaban J connectivity index is 1.34. The van der Waals surface area contributed by atoms with E-state index in [-0.39, 0.29) is 11.5 Å². The van der Waals surface area contributed by atoms with Crippen LogP contribution in [-0.4, -0.2) is 31.9 Å². The van der Waals surface area contributed by atoms with Crippen molar-refractivity contribution in [1.29, 1.82) is 0 Å². The molecule has 6 rings (SSSR count). The van der Waals surface area contributed by atoms with E-state index in [0.29, 0.717) is 39.6 Å². The van der Waals surface area contributed by atoms with Crippen molar-refractivity contribution in [1.82, 2.24) is 19.5 Å². The van der Waals surface area contributed by atoms with Gasteiger partial charge in [-0.3, -0.25) is 9.59 Å². The number of carbonyl (C=O) groups excluding carboxylic acids is 1. The van der Waals surface area contributed by atoms with E-state index in [4.69, 9.17) is 0 Å². The molecule has 0 bridgehead atoms. The Morgan fingerprint density at radius 3 is 2.68 bits per heavy atom. The topological polar surface area (TPSA) is 79.6 Å². The lowest BCUT2D eigenvalue weighted by Crippen LogP contribution is -2.35. The zero-order chi connectivity index (χ0) is 23.2. The molecule has 34 heavy (non-hydrogen) atoms. The van der Waals surface area contributed by atoms with Crippen molar-refractivity contribution in [3.8, 4) is 0 Å². The van der Waals surface area contributed by atoms with Gasteiger partial charge in [-0.1, -0.05) is 53.8 Å². The molecule has 1 amide bonds. The minimum atomic E-state index is -0.250. The summed E-state index contributed by atoms with van der Waals surface area (Å²) in [6.07, 6.45) is 0.841. The number of fused-ring (bicyclic) bond motifs is 3. The predicted molar refractivity (Wildman–Crippen MR) is 134 cm³/mol. The molecule has 1 aliphatic rings. The van der Waals surface area contributed by atoms with Crippen molar-refractivity contribution in [2.75, 3.05) is 11.9 Å². The second-order valence-electron chi connectivity index (χ2n) is 8.44. The highest BCUT2D eigenvalue weighted by atomic mass is 32.1. The van der Waals surface area contributed by atoms with Crippen molar-refractivity contribution in [2.24, 2.45) is 0 Å². The van der Waals surface area contributed by atoms with Gasteiger partial charge in [0.25, 0.3) is 11.5 Å². The number of nitrogens with zero attached hydrogens (tertiary/aromatic N) is 4. The second-order valence-corrected chi connectivity index (χ2v) is 9.39. The number of amides is 1. The summed E-state index contributed by atoms with van der Waals surface area (Å²) in [4.78, 5) is 33.3. The number of hydrogen-bond donors (Lipinski definition) is 1. The first kappa shape index (κ1) is 20.6. The summed E-state index contributed by atoms with van der Waals surface area (Å²) in [5.41, 5.74) is 5.26. The molecule has 0 saturated heterocycles. The average Bonchev–Trinajstić information content (AvgIpc) is 3.27. The molecule has 5 aromatic rings. The van der Waals surface area contributed by atoms with E-state index in [2.05, 4.69) is 27.5 Å². The van der Waals surface area contributed by atoms with Gasteiger partial charge in [0.05, 0.1) is 10.9 Å². The van der Waals surface area contributed by atoms with Gasteiger partial charge in [0.15, 0.2) is 0 Å². The minimum Gasteiger partial charge on any atom is -0.334 e. The molecule has 0 aliphatic carbocycles. The number of hydrogen-bond acceptors (Lipinski definition) is 6. The quantitative estimate of drug-likeness (QED) is 0.421. The fourth-order valence-corrected chi connectivity index (χ4v) is 5.18. The van der Waals surface area contributed by atoms with Gasteiger partial charge in [-0.25, -0.2) is 4.98 Å². The summed E-state index contributed by atoms with van der Waals surface area (Å²) < 4.78 is 1.32. The SMILES string of the molecule is Cc1ccccc1Nc1nn2c(=O)c3ccc(C(=O)N4CCc5ccccc5C4)cc3nc2s1. The zero-order valence-corrected chi connectivity index (χ0v) is 19.3. The Labute approximate surface area is 199 Å². The number of aromatic nitrogens is 3. The highest BCUT2D eigenvalue weighted by molar-refractivity contribution is 7.20. The first-order valence-corrected chi connectivity index (χ1v) is 11.9. The third-order valence-electron chi connectivity index (χ3n) is 6.25. The van der Waals surface area contributed by atoms with Crippen LogP contribution in [0.15, 0.2) is 71.5 Å². The fraction of sp³-hybridized carbons (Fsp3) is 0.154. The summed E-state index contributed by atoms with van der Waals surface area (Å²) in [5, 5.41) is 8.71. The van der Waals surface area contributed by atoms with Gasteiger partial charge in [-0.2, -0.15) is 4.52 Å². The van der Waals surface area contributed by atoms with E-state index in [1.165, 1.54) is 27.0 Å². The van der Waals surface area contributed by atoms with E-state index in [9.17, 15) is 9.59 Å². The number of rotatable bonds is 3. The second kappa shape index (κ2) is 8.07. The molecule has 168 valence electrons. The van der Waals surface area contributed by atoms with Crippen LogP contribution in [0.1, 0.15) is 27.0 Å². The third kappa shape index (κ3) is 3.52. The molecule has 1 N–H and O–H groups in total. The lowest BCUT2D eigenvalue weighted by Gasteiger charge is -2.29. The molecule has 8 heteroatoms. The molecule has 0 atom stereocenters. The Morgan fingerprint density at radius 2 is 1.82 bits per heavy atom. The molecule has 1 aliphatic heterocycles. The number of benzene rings is 3. The molecule has 3 heterocycles. The molecule has 0 fully saturated rings. The van der Waals surface area contributed by atoms with Crippen LogP contribution in [0.25, 0.3) is 15.9 Å². The normalized spacial score (nSPS) is 13.3. The summed E-state index contributed by atoms with van der Waals surface area (Å²) in [5.74, 6) is -0.0513. The standard InChI is InChI=1S/C26H21N5O2S/c1-16-6-2-5-9-21(16)27-25-29-31-24(33)20-11-10-18(14-22(20)28-26(31)34-25)23(32)30-13-12-17-7-3-4-8-19(17)15-30/h2-11,14H,12-13,15H2,1H3,(H,27,29). The maximum absolute atomic E-state index is 13.2. The Morgan fingerprint density at radius 1 is 1.03 bits per heavy atom. The van der Waals surface area contributed by atoms with Crippen LogP contribution in [0.2, 0.25) is 0 Å². The monoisotopic (exact) mass is 467 g/mol. The number of para-hydroxylation sites is 1. The molecule has 0 radical (unpaired) electrons. The van der Waals surface area contributed by atoms with Crippen molar-refractivity contribution in [3.05, 3.63) is 99.3 Å². The summed E-state index contributed by atoms with van der Waals surface area (Å²) in [6.45, 7) is 3.27. The summed E-state index contributed by atoms with van der Waals surface area (Å²) >= 11 is 1.30. The highest BCUT2D eigenvalue weighted by Gasteiger charge is 2.22. The van der Waals surface area contributed by atoms with Crippen LogP contribution in [-0.2, 0) is 13.0 Å². The number of carbonyl (C=O) groups is 1. The van der Waals surface area contributed by atoms with Crippen LogP contribution in [0, 0.1) is 6.92 Å². The number of anilines is 2. The molecular weight excluding hydrogens is 446 g/mol. The van der Waals surface area contributed by atoms with Crippen molar-refractivity contribution in [3.63, 3.8) is 0 Å². The molecule has 0 saturated carbocycles. The van der Waals surface area contributed by atoms with Gasteiger partial charge in [-0.05, 0) is 54.3 Å². The van der Waals surface area contributed by atoms with Gasteiger partial charge in [0.2, 0.25) is 10.1 Å². The summed E-state index contributed by atoms with van der Waals surface area (Å²) in [6, 6.07) is 21.2. The number of aryl methyl sites for hydroxylation is 1. The Bertz CT molecular complexity index is 1640. The predicted octanol–water partition coefficient (Wildman–Crippen LogP) is 4.55. The zero-order valence-electron chi connectivity index (χ0n) is 18.5. The lowest BCUT2D eigenvalue weighted by atomic mass is 9.99. The van der Waals surface area contributed by atoms with Crippen LogP contribution in [0.4, 0.5) is 10.8 Å². The van der Waals surface area contributed by atoms with Crippen LogP contribution < -0.4 is 10.9 Å². The van der Waals surface area contributed by atoms with Crippen LogP contribution in [0.5, 0.6) is 0 Å². The van der Waals surface area contributed by atoms with Gasteiger partial charge in [0, 0.05) is 24.3 Å². The molecule has 3 aromatic carbocycles. The largest absolute Gasteiger partial charge is 0.334 e. The smallest absolute Gasteiger partial charge is 0.283 e. The van der Waals surface area contributed by atoms with E-state index in [0.717, 1.165) is 17.7 Å².